The van der Waals surface area contributed by atoms with E-state index in [2.05, 4.69) is 20.4 Å². The lowest BCUT2D eigenvalue weighted by Crippen LogP contribution is -2.36. The number of hydrogen-bond acceptors (Lipinski definition) is 5. The Hall–Kier alpha value is -0.650. The minimum atomic E-state index is 0. The molecule has 1 saturated carbocycles. The molecule has 1 saturated heterocycles. The van der Waals surface area contributed by atoms with Crippen molar-refractivity contribution >= 4 is 12.4 Å². The van der Waals surface area contributed by atoms with Gasteiger partial charge in [-0.15, -0.1) is 12.4 Å². The van der Waals surface area contributed by atoms with E-state index in [1.165, 1.54) is 25.7 Å². The molecule has 1 aliphatic heterocycles. The Labute approximate surface area is 120 Å². The third-order valence-corrected chi connectivity index (χ3v) is 3.99. The normalized spacial score (nSPS) is 21.3. The van der Waals surface area contributed by atoms with Gasteiger partial charge in [-0.05, 0) is 58.3 Å². The fraction of sp³-hybridized carbons (Fsp3) is 0.846. The lowest BCUT2D eigenvalue weighted by atomic mass is 9.97. The Morgan fingerprint density at radius 1 is 1.26 bits per heavy atom. The predicted molar refractivity (Wildman–Crippen MR) is 75.4 cm³/mol. The van der Waals surface area contributed by atoms with E-state index >= 15 is 0 Å². The molecule has 2 heterocycles. The van der Waals surface area contributed by atoms with Crippen molar-refractivity contribution in [3.63, 3.8) is 0 Å². The van der Waals surface area contributed by atoms with Crippen molar-refractivity contribution in [3.8, 4) is 0 Å². The van der Waals surface area contributed by atoms with Gasteiger partial charge in [-0.2, -0.15) is 4.98 Å². The van der Waals surface area contributed by atoms with E-state index in [0.717, 1.165) is 43.8 Å². The Kier molecular flexibility index (Phi) is 5.19. The zero-order chi connectivity index (χ0) is 12.4. The molecular formula is C13H23ClN4O. The Balaban J connectivity index is 0.00000133. The van der Waals surface area contributed by atoms with Crippen molar-refractivity contribution in [2.45, 2.75) is 38.1 Å². The standard InChI is InChI=1S/C13H22N4O.ClH/c1-14-8-10-4-6-17(7-5-10)9-12-15-13(16-18-12)11-2-3-11;/h10-11,14H,2-9H2,1H3;1H. The summed E-state index contributed by atoms with van der Waals surface area (Å²) in [5, 5.41) is 7.33. The molecule has 108 valence electrons. The van der Waals surface area contributed by atoms with Crippen LogP contribution in [0.2, 0.25) is 0 Å². The Morgan fingerprint density at radius 3 is 2.63 bits per heavy atom. The van der Waals surface area contributed by atoms with Gasteiger partial charge in [0.1, 0.15) is 0 Å². The maximum absolute atomic E-state index is 5.33. The van der Waals surface area contributed by atoms with E-state index in [9.17, 15) is 0 Å². The number of piperidine rings is 1. The van der Waals surface area contributed by atoms with E-state index in [0.29, 0.717) is 5.92 Å². The first-order valence-electron chi connectivity index (χ1n) is 7.04. The number of nitrogens with one attached hydrogen (secondary N) is 1. The van der Waals surface area contributed by atoms with Crippen LogP contribution in [0.25, 0.3) is 0 Å². The van der Waals surface area contributed by atoms with Gasteiger partial charge in [0.05, 0.1) is 6.54 Å². The fourth-order valence-corrected chi connectivity index (χ4v) is 2.67. The maximum Gasteiger partial charge on any atom is 0.240 e. The molecule has 0 aromatic carbocycles. The van der Waals surface area contributed by atoms with Crippen LogP contribution in [-0.2, 0) is 6.54 Å². The quantitative estimate of drug-likeness (QED) is 0.894. The van der Waals surface area contributed by atoms with Crippen LogP contribution in [0.15, 0.2) is 4.52 Å². The van der Waals surface area contributed by atoms with E-state index in [4.69, 9.17) is 4.52 Å². The molecule has 0 bridgehead atoms. The second-order valence-electron chi connectivity index (χ2n) is 5.60. The lowest BCUT2D eigenvalue weighted by Gasteiger charge is -2.30. The van der Waals surface area contributed by atoms with Crippen molar-refractivity contribution in [2.75, 3.05) is 26.7 Å². The van der Waals surface area contributed by atoms with Crippen LogP contribution in [0.1, 0.15) is 43.3 Å². The van der Waals surface area contributed by atoms with Crippen molar-refractivity contribution in [1.29, 1.82) is 0 Å². The van der Waals surface area contributed by atoms with Crippen molar-refractivity contribution in [3.05, 3.63) is 11.7 Å². The molecule has 3 rings (SSSR count). The summed E-state index contributed by atoms with van der Waals surface area (Å²) >= 11 is 0. The van der Waals surface area contributed by atoms with Gasteiger partial charge < -0.3 is 9.84 Å². The average molecular weight is 287 g/mol. The van der Waals surface area contributed by atoms with Crippen LogP contribution in [0.4, 0.5) is 0 Å². The zero-order valence-corrected chi connectivity index (χ0v) is 12.3. The SMILES string of the molecule is CNCC1CCN(Cc2nc(C3CC3)no2)CC1.Cl. The van der Waals surface area contributed by atoms with Crippen LogP contribution in [-0.4, -0.2) is 41.7 Å². The fourth-order valence-electron chi connectivity index (χ4n) is 2.67. The van der Waals surface area contributed by atoms with Crippen molar-refractivity contribution < 1.29 is 4.52 Å². The number of likely N-dealkylation sites (tertiary alicyclic amines) is 1. The second-order valence-corrected chi connectivity index (χ2v) is 5.60. The van der Waals surface area contributed by atoms with Gasteiger partial charge in [0.25, 0.3) is 0 Å². The molecule has 19 heavy (non-hydrogen) atoms. The van der Waals surface area contributed by atoms with E-state index in [1.54, 1.807) is 0 Å². The molecule has 1 N–H and O–H groups in total. The summed E-state index contributed by atoms with van der Waals surface area (Å²) in [4.78, 5) is 6.92. The molecule has 2 aliphatic rings. The van der Waals surface area contributed by atoms with Gasteiger partial charge >= 0.3 is 0 Å². The smallest absolute Gasteiger partial charge is 0.240 e. The monoisotopic (exact) mass is 286 g/mol. The third kappa shape index (κ3) is 3.91. The summed E-state index contributed by atoms with van der Waals surface area (Å²) in [6.07, 6.45) is 5.00. The third-order valence-electron chi connectivity index (χ3n) is 3.99. The van der Waals surface area contributed by atoms with Gasteiger partial charge in [-0.3, -0.25) is 4.90 Å². The van der Waals surface area contributed by atoms with Gasteiger partial charge in [0.2, 0.25) is 5.89 Å². The minimum Gasteiger partial charge on any atom is -0.338 e. The molecule has 1 aliphatic carbocycles. The Bertz CT molecular complexity index is 386. The number of aromatic nitrogens is 2. The molecule has 5 nitrogen and oxygen atoms in total. The molecule has 0 unspecified atom stereocenters. The van der Waals surface area contributed by atoms with Gasteiger partial charge in [0, 0.05) is 5.92 Å². The van der Waals surface area contributed by atoms with Crippen LogP contribution in [0, 0.1) is 5.92 Å². The molecular weight excluding hydrogens is 264 g/mol. The summed E-state index contributed by atoms with van der Waals surface area (Å²) < 4.78 is 5.33. The average Bonchev–Trinajstić information content (AvgIpc) is 3.13. The van der Waals surface area contributed by atoms with E-state index in [-0.39, 0.29) is 12.4 Å². The topological polar surface area (TPSA) is 54.2 Å². The summed E-state index contributed by atoms with van der Waals surface area (Å²) in [7, 11) is 2.03. The summed E-state index contributed by atoms with van der Waals surface area (Å²) in [5.74, 6) is 3.14. The second kappa shape index (κ2) is 6.68. The van der Waals surface area contributed by atoms with E-state index in [1.807, 2.05) is 7.05 Å². The molecule has 0 atom stereocenters. The highest BCUT2D eigenvalue weighted by atomic mass is 35.5. The zero-order valence-electron chi connectivity index (χ0n) is 11.5. The highest BCUT2D eigenvalue weighted by molar-refractivity contribution is 5.85. The van der Waals surface area contributed by atoms with Gasteiger partial charge in [0.15, 0.2) is 5.82 Å². The first kappa shape index (κ1) is 14.8. The molecule has 0 amide bonds. The molecule has 0 radical (unpaired) electrons. The number of nitrogens with zero attached hydrogens (tertiary/aromatic N) is 3. The predicted octanol–water partition coefficient (Wildman–Crippen LogP) is 1.80. The minimum absolute atomic E-state index is 0. The first-order valence-corrected chi connectivity index (χ1v) is 7.04. The molecule has 1 aromatic heterocycles. The maximum atomic E-state index is 5.33. The summed E-state index contributed by atoms with van der Waals surface area (Å²) in [6, 6.07) is 0. The van der Waals surface area contributed by atoms with Crippen LogP contribution < -0.4 is 5.32 Å². The number of halogens is 1. The molecule has 6 heteroatoms. The number of rotatable bonds is 5. The first-order chi connectivity index (χ1) is 8.85. The van der Waals surface area contributed by atoms with Crippen LogP contribution in [0.5, 0.6) is 0 Å². The Morgan fingerprint density at radius 2 is 2.00 bits per heavy atom. The summed E-state index contributed by atoms with van der Waals surface area (Å²) in [6.45, 7) is 4.26. The highest BCUT2D eigenvalue weighted by Crippen LogP contribution is 2.38. The van der Waals surface area contributed by atoms with Crippen LogP contribution >= 0.6 is 12.4 Å². The van der Waals surface area contributed by atoms with Crippen molar-refractivity contribution in [2.24, 2.45) is 5.92 Å². The molecule has 0 spiro atoms. The van der Waals surface area contributed by atoms with Gasteiger partial charge in [-0.25, -0.2) is 0 Å². The molecule has 2 fully saturated rings. The highest BCUT2D eigenvalue weighted by Gasteiger charge is 2.29. The molecule has 1 aromatic rings. The summed E-state index contributed by atoms with van der Waals surface area (Å²) in [5.41, 5.74) is 0. The van der Waals surface area contributed by atoms with Crippen molar-refractivity contribution in [1.82, 2.24) is 20.4 Å². The van der Waals surface area contributed by atoms with Gasteiger partial charge in [-0.1, -0.05) is 5.16 Å². The largest absolute Gasteiger partial charge is 0.338 e. The number of hydrogen-bond donors (Lipinski definition) is 1. The van der Waals surface area contributed by atoms with E-state index < -0.39 is 0 Å². The lowest BCUT2D eigenvalue weighted by molar-refractivity contribution is 0.158. The van der Waals surface area contributed by atoms with Crippen LogP contribution in [0.3, 0.4) is 0 Å².